The Morgan fingerprint density at radius 1 is 1.23 bits per heavy atom. The molecular formula is C10H23NO2. The van der Waals surface area contributed by atoms with Gasteiger partial charge in [0.1, 0.15) is 0 Å². The normalized spacial score (nSPS) is 14.1. The molecule has 0 aromatic heterocycles. The molecule has 1 atom stereocenters. The highest BCUT2D eigenvalue weighted by Crippen LogP contribution is 2.00. The molecule has 0 saturated carbocycles. The maximum absolute atomic E-state index is 5.70. The van der Waals surface area contributed by atoms with Crippen LogP contribution in [-0.4, -0.2) is 51.0 Å². The minimum absolute atomic E-state index is 0.190. The summed E-state index contributed by atoms with van der Waals surface area (Å²) in [6.45, 7) is 8.46. The molecule has 80 valence electrons. The molecule has 0 aliphatic heterocycles. The first-order valence-corrected chi connectivity index (χ1v) is 4.94. The van der Waals surface area contributed by atoms with Gasteiger partial charge in [0.15, 0.2) is 0 Å². The first-order valence-electron chi connectivity index (χ1n) is 4.94. The summed E-state index contributed by atoms with van der Waals surface area (Å²) in [7, 11) is 4.09. The summed E-state index contributed by atoms with van der Waals surface area (Å²) in [5.74, 6) is 0. The SMILES string of the molecule is CCOC[C@H](CN(C)C)OC(C)C. The topological polar surface area (TPSA) is 21.7 Å². The van der Waals surface area contributed by atoms with Crippen molar-refractivity contribution in [2.75, 3.05) is 33.9 Å². The number of rotatable bonds is 7. The monoisotopic (exact) mass is 189 g/mol. The highest BCUT2D eigenvalue weighted by Gasteiger charge is 2.11. The number of ether oxygens (including phenoxy) is 2. The minimum Gasteiger partial charge on any atom is -0.379 e. The lowest BCUT2D eigenvalue weighted by Crippen LogP contribution is -2.34. The van der Waals surface area contributed by atoms with E-state index < -0.39 is 0 Å². The van der Waals surface area contributed by atoms with Gasteiger partial charge in [-0.15, -0.1) is 0 Å². The molecule has 0 heterocycles. The molecule has 3 nitrogen and oxygen atoms in total. The van der Waals surface area contributed by atoms with Crippen LogP contribution in [0.5, 0.6) is 0 Å². The molecule has 0 radical (unpaired) electrons. The quantitative estimate of drug-likeness (QED) is 0.604. The van der Waals surface area contributed by atoms with Crippen LogP contribution in [0.3, 0.4) is 0 Å². The van der Waals surface area contributed by atoms with E-state index in [1.807, 2.05) is 21.0 Å². The molecule has 0 rings (SSSR count). The molecule has 0 aliphatic carbocycles. The van der Waals surface area contributed by atoms with Crippen LogP contribution in [0.25, 0.3) is 0 Å². The van der Waals surface area contributed by atoms with Crippen molar-refractivity contribution < 1.29 is 9.47 Å². The number of likely N-dealkylation sites (N-methyl/N-ethyl adjacent to an activating group) is 1. The second-order valence-electron chi connectivity index (χ2n) is 3.73. The van der Waals surface area contributed by atoms with Crippen molar-refractivity contribution in [1.29, 1.82) is 0 Å². The Hall–Kier alpha value is -0.120. The third-order valence-corrected chi connectivity index (χ3v) is 1.54. The standard InChI is InChI=1S/C10H23NO2/c1-6-12-8-10(7-11(4)5)13-9(2)3/h9-10H,6-8H2,1-5H3/t10-/m0/s1. The van der Waals surface area contributed by atoms with Crippen LogP contribution in [0.2, 0.25) is 0 Å². The van der Waals surface area contributed by atoms with Crippen LogP contribution in [-0.2, 0) is 9.47 Å². The fraction of sp³-hybridized carbons (Fsp3) is 1.00. The van der Waals surface area contributed by atoms with Crippen molar-refractivity contribution in [3.8, 4) is 0 Å². The maximum atomic E-state index is 5.70. The first-order chi connectivity index (χ1) is 6.06. The Labute approximate surface area is 82.0 Å². The maximum Gasteiger partial charge on any atom is 0.0938 e. The molecule has 0 amide bonds. The number of nitrogens with zero attached hydrogens (tertiary/aromatic N) is 1. The minimum atomic E-state index is 0.190. The molecule has 3 heteroatoms. The zero-order valence-corrected chi connectivity index (χ0v) is 9.54. The van der Waals surface area contributed by atoms with Crippen LogP contribution in [0.15, 0.2) is 0 Å². The van der Waals surface area contributed by atoms with E-state index in [0.29, 0.717) is 6.61 Å². The van der Waals surface area contributed by atoms with Gasteiger partial charge in [0.05, 0.1) is 18.8 Å². The molecular weight excluding hydrogens is 166 g/mol. The summed E-state index contributed by atoms with van der Waals surface area (Å²) >= 11 is 0. The van der Waals surface area contributed by atoms with E-state index in [2.05, 4.69) is 18.7 Å². The molecule has 0 N–H and O–H groups in total. The molecule has 0 aliphatic rings. The number of hydrogen-bond donors (Lipinski definition) is 0. The highest BCUT2D eigenvalue weighted by atomic mass is 16.5. The van der Waals surface area contributed by atoms with Crippen LogP contribution in [0.4, 0.5) is 0 Å². The number of hydrogen-bond acceptors (Lipinski definition) is 3. The van der Waals surface area contributed by atoms with Crippen molar-refractivity contribution >= 4 is 0 Å². The van der Waals surface area contributed by atoms with Gasteiger partial charge in [0, 0.05) is 13.2 Å². The molecule has 0 aromatic carbocycles. The van der Waals surface area contributed by atoms with Gasteiger partial charge in [-0.2, -0.15) is 0 Å². The summed E-state index contributed by atoms with van der Waals surface area (Å²) in [4.78, 5) is 2.12. The van der Waals surface area contributed by atoms with Gasteiger partial charge >= 0.3 is 0 Å². The van der Waals surface area contributed by atoms with Gasteiger partial charge in [-0.05, 0) is 34.9 Å². The lowest BCUT2D eigenvalue weighted by atomic mass is 10.3. The Balaban J connectivity index is 3.73. The van der Waals surface area contributed by atoms with Crippen LogP contribution < -0.4 is 0 Å². The van der Waals surface area contributed by atoms with Crippen LogP contribution in [0.1, 0.15) is 20.8 Å². The Kier molecular flexibility index (Phi) is 7.23. The van der Waals surface area contributed by atoms with E-state index in [1.54, 1.807) is 0 Å². The molecule has 0 fully saturated rings. The molecule has 0 unspecified atom stereocenters. The molecule has 0 aromatic rings. The molecule has 0 spiro atoms. The average molecular weight is 189 g/mol. The summed E-state index contributed by atoms with van der Waals surface area (Å²) in [6.07, 6.45) is 0.459. The van der Waals surface area contributed by atoms with E-state index in [-0.39, 0.29) is 12.2 Å². The van der Waals surface area contributed by atoms with Gasteiger partial charge in [0.2, 0.25) is 0 Å². The van der Waals surface area contributed by atoms with E-state index in [1.165, 1.54) is 0 Å². The van der Waals surface area contributed by atoms with Crippen molar-refractivity contribution in [2.45, 2.75) is 33.0 Å². The van der Waals surface area contributed by atoms with E-state index in [4.69, 9.17) is 9.47 Å². The third kappa shape index (κ3) is 8.22. The average Bonchev–Trinajstić information content (AvgIpc) is 1.98. The van der Waals surface area contributed by atoms with Crippen molar-refractivity contribution in [3.05, 3.63) is 0 Å². The van der Waals surface area contributed by atoms with Gasteiger partial charge in [-0.3, -0.25) is 0 Å². The third-order valence-electron chi connectivity index (χ3n) is 1.54. The van der Waals surface area contributed by atoms with E-state index in [9.17, 15) is 0 Å². The van der Waals surface area contributed by atoms with Gasteiger partial charge in [-0.25, -0.2) is 0 Å². The van der Waals surface area contributed by atoms with Crippen LogP contribution >= 0.6 is 0 Å². The molecule has 0 saturated heterocycles. The van der Waals surface area contributed by atoms with Crippen molar-refractivity contribution in [3.63, 3.8) is 0 Å². The first kappa shape index (κ1) is 12.9. The predicted molar refractivity (Wildman–Crippen MR) is 55.1 cm³/mol. The predicted octanol–water partition coefficient (Wildman–Crippen LogP) is 1.38. The van der Waals surface area contributed by atoms with Crippen molar-refractivity contribution in [2.24, 2.45) is 0 Å². The van der Waals surface area contributed by atoms with E-state index in [0.717, 1.165) is 13.2 Å². The summed E-state index contributed by atoms with van der Waals surface area (Å²) in [5.41, 5.74) is 0. The fourth-order valence-corrected chi connectivity index (χ4v) is 1.18. The van der Waals surface area contributed by atoms with Gasteiger partial charge in [0.25, 0.3) is 0 Å². The van der Waals surface area contributed by atoms with Crippen LogP contribution in [0, 0.1) is 0 Å². The molecule has 13 heavy (non-hydrogen) atoms. The lowest BCUT2D eigenvalue weighted by molar-refractivity contribution is -0.0513. The summed E-state index contributed by atoms with van der Waals surface area (Å²) in [5, 5.41) is 0. The largest absolute Gasteiger partial charge is 0.379 e. The van der Waals surface area contributed by atoms with Gasteiger partial charge < -0.3 is 14.4 Å². The van der Waals surface area contributed by atoms with E-state index >= 15 is 0 Å². The Bertz CT molecular complexity index is 105. The lowest BCUT2D eigenvalue weighted by Gasteiger charge is -2.23. The smallest absolute Gasteiger partial charge is 0.0938 e. The second-order valence-corrected chi connectivity index (χ2v) is 3.73. The summed E-state index contributed by atoms with van der Waals surface area (Å²) < 4.78 is 11.0. The fourth-order valence-electron chi connectivity index (χ4n) is 1.18. The van der Waals surface area contributed by atoms with Gasteiger partial charge in [-0.1, -0.05) is 0 Å². The molecule has 0 bridgehead atoms. The zero-order chi connectivity index (χ0) is 10.3. The Morgan fingerprint density at radius 2 is 1.85 bits per heavy atom. The zero-order valence-electron chi connectivity index (χ0n) is 9.54. The summed E-state index contributed by atoms with van der Waals surface area (Å²) in [6, 6.07) is 0. The second kappa shape index (κ2) is 7.30. The van der Waals surface area contributed by atoms with Crippen molar-refractivity contribution in [1.82, 2.24) is 4.90 Å². The highest BCUT2D eigenvalue weighted by molar-refractivity contribution is 4.61. The Morgan fingerprint density at radius 3 is 2.23 bits per heavy atom.